The zero-order valence-electron chi connectivity index (χ0n) is 25.1. The van der Waals surface area contributed by atoms with Gasteiger partial charge in [0, 0.05) is 33.8 Å². The fraction of sp³-hybridized carbons (Fsp3) is 0.281. The number of nitriles is 1. The van der Waals surface area contributed by atoms with Crippen LogP contribution in [0.25, 0.3) is 32.2 Å². The van der Waals surface area contributed by atoms with E-state index in [-0.39, 0.29) is 59.5 Å². The van der Waals surface area contributed by atoms with Gasteiger partial charge in [-0.05, 0) is 70.3 Å². The van der Waals surface area contributed by atoms with Crippen molar-refractivity contribution in [3.63, 3.8) is 0 Å². The van der Waals surface area contributed by atoms with Crippen molar-refractivity contribution in [2.45, 2.75) is 33.0 Å². The second-order valence-corrected chi connectivity index (χ2v) is 12.2. The lowest BCUT2D eigenvalue weighted by molar-refractivity contribution is -0.138. The molecule has 0 atom stereocenters. The van der Waals surface area contributed by atoms with Crippen molar-refractivity contribution in [1.29, 1.82) is 5.26 Å². The van der Waals surface area contributed by atoms with Crippen LogP contribution in [-0.2, 0) is 19.1 Å². The Bertz CT molecular complexity index is 2120. The molecule has 0 aliphatic heterocycles. The lowest BCUT2D eigenvalue weighted by Gasteiger charge is -2.19. The minimum absolute atomic E-state index is 0.0262. The average Bonchev–Trinajstić information content (AvgIpc) is 3.41. The van der Waals surface area contributed by atoms with Crippen molar-refractivity contribution >= 4 is 50.0 Å². The molecule has 0 saturated carbocycles. The van der Waals surface area contributed by atoms with Gasteiger partial charge in [-0.3, -0.25) is 14.3 Å². The number of alkyl halides is 3. The molecule has 9 nitrogen and oxygen atoms in total. The highest BCUT2D eigenvalue weighted by Crippen LogP contribution is 2.40. The summed E-state index contributed by atoms with van der Waals surface area (Å²) in [5.41, 5.74) is -0.156. The molecule has 238 valence electrons. The van der Waals surface area contributed by atoms with E-state index < -0.39 is 23.3 Å². The van der Waals surface area contributed by atoms with Crippen LogP contribution in [0.1, 0.15) is 38.6 Å². The van der Waals surface area contributed by atoms with E-state index in [0.29, 0.717) is 37.8 Å². The van der Waals surface area contributed by atoms with Crippen LogP contribution in [0.3, 0.4) is 0 Å². The van der Waals surface area contributed by atoms with Gasteiger partial charge in [-0.15, -0.1) is 11.3 Å². The molecule has 0 saturated heterocycles. The molecule has 2 aromatic carbocycles. The van der Waals surface area contributed by atoms with Crippen LogP contribution in [-0.4, -0.2) is 57.8 Å². The normalized spacial score (nSPS) is 11.8. The summed E-state index contributed by atoms with van der Waals surface area (Å²) in [4.78, 5) is 35.9. The summed E-state index contributed by atoms with van der Waals surface area (Å²) in [5.74, 6) is -0.539. The van der Waals surface area contributed by atoms with Crippen LogP contribution in [0.2, 0.25) is 5.02 Å². The summed E-state index contributed by atoms with van der Waals surface area (Å²) in [6.45, 7) is 3.41. The molecule has 0 spiro atoms. The number of likely N-dealkylation sites (N-methyl/N-ethyl adjacent to an activating group) is 1. The van der Waals surface area contributed by atoms with E-state index in [4.69, 9.17) is 16.3 Å². The number of halogens is 4. The molecule has 5 aromatic rings. The minimum atomic E-state index is -4.74. The third kappa shape index (κ3) is 6.28. The number of carbonyl (C=O) groups is 1. The van der Waals surface area contributed by atoms with E-state index in [1.165, 1.54) is 28.2 Å². The number of carboxylic acid groups (broad SMARTS) is 1. The number of pyridine rings is 1. The Morgan fingerprint density at radius 3 is 2.57 bits per heavy atom. The number of aromatic nitrogens is 3. The number of ether oxygens (including phenoxy) is 1. The van der Waals surface area contributed by atoms with Gasteiger partial charge in [0.05, 0.1) is 44.4 Å². The first kappa shape index (κ1) is 32.9. The third-order valence-corrected chi connectivity index (χ3v) is 8.70. The molecule has 46 heavy (non-hydrogen) atoms. The first-order chi connectivity index (χ1) is 21.7. The summed E-state index contributed by atoms with van der Waals surface area (Å²) >= 11 is 7.58. The average molecular weight is 670 g/mol. The summed E-state index contributed by atoms with van der Waals surface area (Å²) in [6.07, 6.45) is -4.83. The molecular weight excluding hydrogens is 643 g/mol. The van der Waals surface area contributed by atoms with Gasteiger partial charge in [0.25, 0.3) is 5.56 Å². The molecule has 0 unspecified atom stereocenters. The largest absolute Gasteiger partial charge is 0.491 e. The Morgan fingerprint density at radius 2 is 1.91 bits per heavy atom. The molecule has 0 bridgehead atoms. The standard InChI is InChI=1S/C32H27ClF3N5O4S/c1-16-11-21(29-28(38-16)23(15-46-29)31(43)44)20-12-18(33)5-6-26(20)45-10-9-41-17(2)39-25-13-24(32(34,35)36)19(7-8-40(3)4)22(14-37)27(25)30(41)42/h5-6,11-13,15H,7-10H2,1-4H3,(H,43,44). The van der Waals surface area contributed by atoms with Crippen LogP contribution in [0, 0.1) is 25.2 Å². The summed E-state index contributed by atoms with van der Waals surface area (Å²) < 4.78 is 50.2. The van der Waals surface area contributed by atoms with Crippen LogP contribution in [0.15, 0.2) is 40.5 Å². The Balaban J connectivity index is 1.54. The van der Waals surface area contributed by atoms with E-state index in [0.717, 1.165) is 6.07 Å². The van der Waals surface area contributed by atoms with Crippen molar-refractivity contribution in [3.8, 4) is 22.9 Å². The molecule has 5 rings (SSSR count). The number of hydrogen-bond acceptors (Lipinski definition) is 8. The Kier molecular flexibility index (Phi) is 9.08. The van der Waals surface area contributed by atoms with E-state index in [9.17, 15) is 33.1 Å². The number of carboxylic acids is 1. The maximum Gasteiger partial charge on any atom is 0.416 e. The number of nitrogens with zero attached hydrogens (tertiary/aromatic N) is 5. The summed E-state index contributed by atoms with van der Waals surface area (Å²) in [5, 5.41) is 21.4. The topological polar surface area (TPSA) is 121 Å². The van der Waals surface area contributed by atoms with E-state index in [2.05, 4.69) is 9.97 Å². The van der Waals surface area contributed by atoms with Gasteiger partial charge in [0.15, 0.2) is 0 Å². The van der Waals surface area contributed by atoms with Crippen molar-refractivity contribution in [2.75, 3.05) is 27.2 Å². The Labute approximate surface area is 270 Å². The van der Waals surface area contributed by atoms with E-state index >= 15 is 0 Å². The first-order valence-corrected chi connectivity index (χ1v) is 15.2. The minimum Gasteiger partial charge on any atom is -0.491 e. The molecule has 1 N–H and O–H groups in total. The molecule has 0 aliphatic rings. The fourth-order valence-electron chi connectivity index (χ4n) is 5.34. The highest BCUT2D eigenvalue weighted by Gasteiger charge is 2.36. The molecule has 0 amide bonds. The number of aromatic carboxylic acids is 1. The highest BCUT2D eigenvalue weighted by atomic mass is 35.5. The fourth-order valence-corrected chi connectivity index (χ4v) is 6.52. The van der Waals surface area contributed by atoms with Crippen LogP contribution in [0.4, 0.5) is 13.2 Å². The van der Waals surface area contributed by atoms with Gasteiger partial charge < -0.3 is 14.7 Å². The van der Waals surface area contributed by atoms with Gasteiger partial charge in [0.2, 0.25) is 0 Å². The Hall–Kier alpha value is -4.51. The number of fused-ring (bicyclic) bond motifs is 2. The quantitative estimate of drug-likeness (QED) is 0.184. The number of thiophene rings is 1. The monoisotopic (exact) mass is 669 g/mol. The second-order valence-electron chi connectivity index (χ2n) is 10.9. The van der Waals surface area contributed by atoms with Crippen LogP contribution < -0.4 is 10.3 Å². The predicted molar refractivity (Wildman–Crippen MR) is 170 cm³/mol. The third-order valence-electron chi connectivity index (χ3n) is 7.46. The lowest BCUT2D eigenvalue weighted by Crippen LogP contribution is -2.28. The predicted octanol–water partition coefficient (Wildman–Crippen LogP) is 6.72. The summed E-state index contributed by atoms with van der Waals surface area (Å²) in [6, 6.07) is 9.46. The lowest BCUT2D eigenvalue weighted by atomic mass is 9.94. The Morgan fingerprint density at radius 1 is 1.17 bits per heavy atom. The van der Waals surface area contributed by atoms with Crippen molar-refractivity contribution < 1.29 is 27.8 Å². The molecular formula is C32H27ClF3N5O4S. The van der Waals surface area contributed by atoms with Gasteiger partial charge in [0.1, 0.15) is 24.3 Å². The van der Waals surface area contributed by atoms with Crippen molar-refractivity contribution in [2.24, 2.45) is 0 Å². The SMILES string of the molecule is Cc1cc(-c2cc(Cl)ccc2OCCn2c(C)nc3cc(C(F)(F)F)c(CCN(C)C)c(C#N)c3c2=O)c2scc(C(=O)O)c2n1. The first-order valence-electron chi connectivity index (χ1n) is 13.9. The van der Waals surface area contributed by atoms with Crippen LogP contribution >= 0.6 is 22.9 Å². The van der Waals surface area contributed by atoms with Gasteiger partial charge in [-0.25, -0.2) is 9.78 Å². The molecule has 0 fully saturated rings. The number of rotatable bonds is 9. The molecule has 3 aromatic heterocycles. The second kappa shape index (κ2) is 12.7. The van der Waals surface area contributed by atoms with E-state index in [1.807, 2.05) is 6.07 Å². The zero-order chi connectivity index (χ0) is 33.5. The molecule has 0 aliphatic carbocycles. The maximum atomic E-state index is 14.1. The maximum absolute atomic E-state index is 14.1. The van der Waals surface area contributed by atoms with Crippen LogP contribution in [0.5, 0.6) is 5.75 Å². The van der Waals surface area contributed by atoms with Gasteiger partial charge in [-0.1, -0.05) is 11.6 Å². The highest BCUT2D eigenvalue weighted by molar-refractivity contribution is 7.18. The number of hydrogen-bond donors (Lipinski definition) is 1. The number of aryl methyl sites for hydroxylation is 2. The summed E-state index contributed by atoms with van der Waals surface area (Å²) in [7, 11) is 3.41. The zero-order valence-corrected chi connectivity index (χ0v) is 26.7. The number of benzene rings is 2. The molecule has 14 heteroatoms. The van der Waals surface area contributed by atoms with Gasteiger partial charge in [-0.2, -0.15) is 18.4 Å². The molecule has 3 heterocycles. The van der Waals surface area contributed by atoms with Crippen molar-refractivity contribution in [3.05, 3.63) is 84.9 Å². The smallest absolute Gasteiger partial charge is 0.416 e. The molecule has 0 radical (unpaired) electrons. The van der Waals surface area contributed by atoms with Crippen molar-refractivity contribution in [1.82, 2.24) is 19.4 Å². The van der Waals surface area contributed by atoms with Gasteiger partial charge >= 0.3 is 12.1 Å². The van der Waals surface area contributed by atoms with E-state index in [1.54, 1.807) is 50.2 Å².